The molecule has 1 aliphatic rings. The molecule has 0 radical (unpaired) electrons. The summed E-state index contributed by atoms with van der Waals surface area (Å²) in [4.78, 5) is 12.7. The van der Waals surface area contributed by atoms with Crippen LogP contribution in [0.2, 0.25) is 0 Å². The van der Waals surface area contributed by atoms with Gasteiger partial charge in [-0.3, -0.25) is 9.52 Å². The molecule has 30 heavy (non-hydrogen) atoms. The molecule has 1 atom stereocenters. The molecule has 1 amide bonds. The van der Waals surface area contributed by atoms with Gasteiger partial charge >= 0.3 is 0 Å². The highest BCUT2D eigenvalue weighted by molar-refractivity contribution is 7.92. The molecule has 7 heteroatoms. The molecule has 0 aromatic heterocycles. The van der Waals surface area contributed by atoms with Crippen LogP contribution in [0.25, 0.3) is 0 Å². The summed E-state index contributed by atoms with van der Waals surface area (Å²) in [6.07, 6.45) is 2.17. The fraction of sp³-hybridized carbons (Fsp3) is 0.174. The smallest absolute Gasteiger partial charge is 0.261 e. The first-order chi connectivity index (χ1) is 14.4. The minimum absolute atomic E-state index is 0.0321. The van der Waals surface area contributed by atoms with Crippen molar-refractivity contribution in [2.24, 2.45) is 5.92 Å². The Hall–Kier alpha value is -3.19. The first-order valence-electron chi connectivity index (χ1n) is 9.67. The number of amides is 1. The lowest BCUT2D eigenvalue weighted by atomic mass is 10.0. The molecule has 1 unspecified atom stereocenters. The Kier molecular flexibility index (Phi) is 5.55. The van der Waals surface area contributed by atoms with Gasteiger partial charge in [-0.25, -0.2) is 12.8 Å². The second kappa shape index (κ2) is 8.28. The highest BCUT2D eigenvalue weighted by atomic mass is 32.2. The van der Waals surface area contributed by atoms with E-state index in [1.54, 1.807) is 12.1 Å². The standard InChI is InChI=1S/C23H21FN2O3S/c24-19-10-14-21(15-11-19)30(28,29)26-20-12-8-18(9-13-20)23(27)25-22(17-6-7-17)16-4-2-1-3-5-16/h1-5,8-15,17,22,26H,6-7H2,(H,25,27). The molecule has 2 N–H and O–H groups in total. The number of anilines is 1. The van der Waals surface area contributed by atoms with Gasteiger partial charge in [0.15, 0.2) is 0 Å². The van der Waals surface area contributed by atoms with E-state index in [2.05, 4.69) is 10.0 Å². The first-order valence-corrected chi connectivity index (χ1v) is 11.1. The number of carbonyl (C=O) groups excluding carboxylic acids is 1. The predicted octanol–water partition coefficient (Wildman–Crippen LogP) is 4.51. The molecule has 0 heterocycles. The molecular formula is C23H21FN2O3S. The Morgan fingerprint density at radius 2 is 1.53 bits per heavy atom. The van der Waals surface area contributed by atoms with Crippen LogP contribution in [-0.2, 0) is 10.0 Å². The molecule has 1 saturated carbocycles. The van der Waals surface area contributed by atoms with Gasteiger partial charge < -0.3 is 5.32 Å². The van der Waals surface area contributed by atoms with Crippen LogP contribution in [0.5, 0.6) is 0 Å². The van der Waals surface area contributed by atoms with E-state index < -0.39 is 15.8 Å². The van der Waals surface area contributed by atoms with Crippen molar-refractivity contribution in [3.8, 4) is 0 Å². The molecule has 0 bridgehead atoms. The van der Waals surface area contributed by atoms with Gasteiger partial charge in [-0.05, 0) is 72.9 Å². The molecule has 1 aliphatic carbocycles. The van der Waals surface area contributed by atoms with Crippen LogP contribution < -0.4 is 10.0 Å². The second-order valence-electron chi connectivity index (χ2n) is 7.34. The van der Waals surface area contributed by atoms with E-state index in [4.69, 9.17) is 0 Å². The van der Waals surface area contributed by atoms with Crippen molar-refractivity contribution in [1.29, 1.82) is 0 Å². The minimum atomic E-state index is -3.84. The zero-order valence-corrected chi connectivity index (χ0v) is 16.9. The van der Waals surface area contributed by atoms with E-state index in [1.165, 1.54) is 24.3 Å². The Bertz CT molecular complexity index is 1130. The Balaban J connectivity index is 1.45. The van der Waals surface area contributed by atoms with Crippen LogP contribution >= 0.6 is 0 Å². The molecule has 5 nitrogen and oxygen atoms in total. The SMILES string of the molecule is O=C(NC(c1ccccc1)C1CC1)c1ccc(NS(=O)(=O)c2ccc(F)cc2)cc1. The maximum atomic E-state index is 13.0. The minimum Gasteiger partial charge on any atom is -0.345 e. The fourth-order valence-electron chi connectivity index (χ4n) is 3.31. The molecule has 0 saturated heterocycles. The second-order valence-corrected chi connectivity index (χ2v) is 9.02. The van der Waals surface area contributed by atoms with Gasteiger partial charge in [-0.2, -0.15) is 0 Å². The average Bonchev–Trinajstić information content (AvgIpc) is 3.58. The number of hydrogen-bond acceptors (Lipinski definition) is 3. The third-order valence-corrected chi connectivity index (χ3v) is 6.46. The third kappa shape index (κ3) is 4.68. The van der Waals surface area contributed by atoms with E-state index in [-0.39, 0.29) is 16.8 Å². The van der Waals surface area contributed by atoms with Gasteiger partial charge in [-0.15, -0.1) is 0 Å². The number of sulfonamides is 1. The molecule has 4 rings (SSSR count). The van der Waals surface area contributed by atoms with Crippen molar-refractivity contribution < 1.29 is 17.6 Å². The van der Waals surface area contributed by atoms with E-state index in [1.807, 2.05) is 30.3 Å². The van der Waals surface area contributed by atoms with Crippen LogP contribution in [0.15, 0.2) is 83.8 Å². The van der Waals surface area contributed by atoms with Crippen LogP contribution in [0.1, 0.15) is 34.8 Å². The summed E-state index contributed by atoms with van der Waals surface area (Å²) in [6, 6.07) is 20.6. The lowest BCUT2D eigenvalue weighted by Crippen LogP contribution is -2.29. The van der Waals surface area contributed by atoms with Crippen molar-refractivity contribution in [2.45, 2.75) is 23.8 Å². The number of nitrogens with one attached hydrogen (secondary N) is 2. The molecular weight excluding hydrogens is 403 g/mol. The molecule has 1 fully saturated rings. The van der Waals surface area contributed by atoms with E-state index >= 15 is 0 Å². The van der Waals surface area contributed by atoms with Crippen LogP contribution in [0.3, 0.4) is 0 Å². The van der Waals surface area contributed by atoms with Crippen LogP contribution in [0.4, 0.5) is 10.1 Å². The van der Waals surface area contributed by atoms with E-state index in [0.29, 0.717) is 17.2 Å². The topological polar surface area (TPSA) is 75.3 Å². The molecule has 0 spiro atoms. The van der Waals surface area contributed by atoms with Crippen LogP contribution in [-0.4, -0.2) is 14.3 Å². The number of hydrogen-bond donors (Lipinski definition) is 2. The Morgan fingerprint density at radius 3 is 2.13 bits per heavy atom. The summed E-state index contributed by atoms with van der Waals surface area (Å²) in [5.74, 6) is -0.272. The van der Waals surface area contributed by atoms with Crippen molar-refractivity contribution in [3.63, 3.8) is 0 Å². The first kappa shape index (κ1) is 20.1. The van der Waals surface area contributed by atoms with Crippen LogP contribution in [0, 0.1) is 11.7 Å². The third-order valence-electron chi connectivity index (χ3n) is 5.06. The lowest BCUT2D eigenvalue weighted by molar-refractivity contribution is 0.0931. The van der Waals surface area contributed by atoms with Gasteiger partial charge in [0.25, 0.3) is 15.9 Å². The average molecular weight is 424 g/mol. The normalized spacial score (nSPS) is 14.7. The maximum absolute atomic E-state index is 13.0. The van der Waals surface area contributed by atoms with Gasteiger partial charge in [0.1, 0.15) is 5.82 Å². The van der Waals surface area contributed by atoms with Crippen molar-refractivity contribution >= 4 is 21.6 Å². The molecule has 3 aromatic rings. The predicted molar refractivity (Wildman–Crippen MR) is 113 cm³/mol. The highest BCUT2D eigenvalue weighted by Gasteiger charge is 2.33. The number of carbonyl (C=O) groups is 1. The summed E-state index contributed by atoms with van der Waals surface area (Å²) in [5, 5.41) is 3.10. The number of halogens is 1. The molecule has 0 aliphatic heterocycles. The summed E-state index contributed by atoms with van der Waals surface area (Å²) < 4.78 is 40.3. The van der Waals surface area contributed by atoms with Crippen molar-refractivity contribution in [3.05, 3.63) is 95.8 Å². The quantitative estimate of drug-likeness (QED) is 0.586. The van der Waals surface area contributed by atoms with Gasteiger partial charge in [0, 0.05) is 11.3 Å². The van der Waals surface area contributed by atoms with Crippen molar-refractivity contribution in [2.75, 3.05) is 4.72 Å². The summed E-state index contributed by atoms with van der Waals surface area (Å²) in [6.45, 7) is 0. The van der Waals surface area contributed by atoms with Gasteiger partial charge in [0.2, 0.25) is 0 Å². The van der Waals surface area contributed by atoms with Gasteiger partial charge in [-0.1, -0.05) is 30.3 Å². The monoisotopic (exact) mass is 424 g/mol. The zero-order chi connectivity index (χ0) is 21.1. The summed E-state index contributed by atoms with van der Waals surface area (Å²) >= 11 is 0. The Morgan fingerprint density at radius 1 is 0.900 bits per heavy atom. The Labute approximate surface area is 175 Å². The molecule has 3 aromatic carbocycles. The van der Waals surface area contributed by atoms with Crippen molar-refractivity contribution in [1.82, 2.24) is 5.32 Å². The van der Waals surface area contributed by atoms with E-state index in [0.717, 1.165) is 30.5 Å². The lowest BCUT2D eigenvalue weighted by Gasteiger charge is -2.19. The fourth-order valence-corrected chi connectivity index (χ4v) is 4.36. The summed E-state index contributed by atoms with van der Waals surface area (Å²) in [5.41, 5.74) is 1.84. The zero-order valence-electron chi connectivity index (χ0n) is 16.1. The largest absolute Gasteiger partial charge is 0.345 e. The number of benzene rings is 3. The summed E-state index contributed by atoms with van der Waals surface area (Å²) in [7, 11) is -3.84. The van der Waals surface area contributed by atoms with E-state index in [9.17, 15) is 17.6 Å². The number of rotatable bonds is 7. The molecule has 154 valence electrons. The highest BCUT2D eigenvalue weighted by Crippen LogP contribution is 2.41. The van der Waals surface area contributed by atoms with Gasteiger partial charge in [0.05, 0.1) is 10.9 Å². The maximum Gasteiger partial charge on any atom is 0.261 e.